The largest absolute Gasteiger partial charge is 0.504 e. The number of nitrogens with one attached hydrogen (secondary N) is 1. The van der Waals surface area contributed by atoms with E-state index in [1.54, 1.807) is 24.3 Å². The Labute approximate surface area is 200 Å². The molecule has 12 heteroatoms. The van der Waals surface area contributed by atoms with Crippen molar-refractivity contribution >= 4 is 30.0 Å². The second kappa shape index (κ2) is 9.71. The lowest BCUT2D eigenvalue weighted by Crippen LogP contribution is -2.52. The molecule has 35 heavy (non-hydrogen) atoms. The third-order valence-corrected chi connectivity index (χ3v) is 5.67. The highest BCUT2D eigenvalue weighted by Gasteiger charge is 2.53. The van der Waals surface area contributed by atoms with Crippen LogP contribution in [-0.2, 0) is 19.9 Å². The molecule has 0 saturated carbocycles. The molecular formula is C23H25N5O7. The zero-order valence-electron chi connectivity index (χ0n) is 19.3. The molecule has 1 heterocycles. The van der Waals surface area contributed by atoms with E-state index < -0.39 is 41.8 Å². The molecule has 0 spiro atoms. The maximum Gasteiger partial charge on any atom is 0.344 e. The van der Waals surface area contributed by atoms with E-state index >= 15 is 0 Å². The Morgan fingerprint density at radius 2 is 1.91 bits per heavy atom. The summed E-state index contributed by atoms with van der Waals surface area (Å²) in [6, 6.07) is 8.36. The van der Waals surface area contributed by atoms with Gasteiger partial charge >= 0.3 is 12.0 Å². The van der Waals surface area contributed by atoms with E-state index in [9.17, 15) is 29.4 Å². The molecule has 4 amide bonds. The van der Waals surface area contributed by atoms with Crippen LogP contribution in [0.4, 0.5) is 4.79 Å². The molecule has 2 aromatic rings. The van der Waals surface area contributed by atoms with Crippen LogP contribution in [0, 0.1) is 0 Å². The minimum atomic E-state index is -1.54. The van der Waals surface area contributed by atoms with Crippen molar-refractivity contribution in [2.45, 2.75) is 31.8 Å². The number of nitrogens with two attached hydrogens (primary N) is 1. The fraction of sp³-hybridized carbons (Fsp3) is 0.261. The van der Waals surface area contributed by atoms with Gasteiger partial charge in [0.05, 0.1) is 25.8 Å². The van der Waals surface area contributed by atoms with Crippen molar-refractivity contribution < 1.29 is 34.1 Å². The van der Waals surface area contributed by atoms with Crippen molar-refractivity contribution in [2.24, 2.45) is 10.9 Å². The molecule has 5 N–H and O–H groups in total. The highest BCUT2D eigenvalue weighted by molar-refractivity contribution is 6.08. The number of hydrogen-bond donors (Lipinski definition) is 4. The van der Waals surface area contributed by atoms with Crippen molar-refractivity contribution in [2.75, 3.05) is 7.11 Å². The number of hydrogen-bond acceptors (Lipinski definition) is 8. The number of carboxylic acids is 1. The predicted octanol–water partition coefficient (Wildman–Crippen LogP) is 1.44. The molecule has 0 radical (unpaired) electrons. The van der Waals surface area contributed by atoms with Gasteiger partial charge in [0.2, 0.25) is 5.91 Å². The maximum absolute atomic E-state index is 13.6. The minimum absolute atomic E-state index is 0.128. The zero-order chi connectivity index (χ0) is 25.9. The Bertz CT molecular complexity index is 1200. The lowest BCUT2D eigenvalue weighted by Gasteiger charge is -2.35. The van der Waals surface area contributed by atoms with Crippen LogP contribution in [0.15, 0.2) is 47.6 Å². The molecule has 0 aliphatic carbocycles. The van der Waals surface area contributed by atoms with Gasteiger partial charge < -0.3 is 26.1 Å². The van der Waals surface area contributed by atoms with Gasteiger partial charge in [-0.1, -0.05) is 30.3 Å². The molecule has 1 saturated heterocycles. The molecule has 184 valence electrons. The molecule has 2 aromatic carbocycles. The minimum Gasteiger partial charge on any atom is -0.504 e. The number of hydrazone groups is 1. The van der Waals surface area contributed by atoms with Crippen molar-refractivity contribution in [1.82, 2.24) is 15.3 Å². The number of imide groups is 1. The number of carboxylic acid groups (broad SMARTS) is 1. The number of aromatic hydroxyl groups is 1. The van der Waals surface area contributed by atoms with Gasteiger partial charge in [-0.3, -0.25) is 14.4 Å². The standard InChI is InChI=1S/C23H25N5O7/c1-13(29)27(17(11-20(31)32)15-6-9-19(35-3)18(30)10-15)28-21(33)23(2,26-22(28)34)16-7-4-14(5-8-16)12-25-24/h4-10,12,17,30H,11,24H2,1-3H3,(H,26,34)(H,31,32)/t17-,23-/m1/s1. The predicted molar refractivity (Wildman–Crippen MR) is 123 cm³/mol. The molecule has 0 unspecified atom stereocenters. The summed E-state index contributed by atoms with van der Waals surface area (Å²) < 4.78 is 5.01. The summed E-state index contributed by atoms with van der Waals surface area (Å²) in [6.07, 6.45) is 0.762. The molecule has 1 aliphatic heterocycles. The Balaban J connectivity index is 2.06. The summed E-state index contributed by atoms with van der Waals surface area (Å²) >= 11 is 0. The summed E-state index contributed by atoms with van der Waals surface area (Å²) in [6.45, 7) is 2.58. The fourth-order valence-electron chi connectivity index (χ4n) is 3.93. The zero-order valence-corrected chi connectivity index (χ0v) is 19.3. The molecule has 0 bridgehead atoms. The van der Waals surface area contributed by atoms with Gasteiger partial charge in [-0.2, -0.15) is 10.1 Å². The van der Waals surface area contributed by atoms with Crippen LogP contribution in [0.25, 0.3) is 0 Å². The van der Waals surface area contributed by atoms with Gasteiger partial charge in [-0.25, -0.2) is 9.80 Å². The van der Waals surface area contributed by atoms with E-state index in [1.807, 2.05) is 0 Å². The first-order valence-corrected chi connectivity index (χ1v) is 10.4. The number of amides is 4. The van der Waals surface area contributed by atoms with Crippen molar-refractivity contribution in [1.29, 1.82) is 0 Å². The van der Waals surface area contributed by atoms with Gasteiger partial charge in [-0.15, -0.1) is 0 Å². The number of phenolic OH excluding ortho intramolecular Hbond substituents is 1. The molecular weight excluding hydrogens is 458 g/mol. The van der Waals surface area contributed by atoms with Gasteiger partial charge in [0.15, 0.2) is 11.5 Å². The molecule has 1 fully saturated rings. The third-order valence-electron chi connectivity index (χ3n) is 5.67. The number of nitrogens with zero attached hydrogens (tertiary/aromatic N) is 3. The lowest BCUT2D eigenvalue weighted by molar-refractivity contribution is -0.162. The van der Waals surface area contributed by atoms with E-state index in [0.717, 1.165) is 11.9 Å². The summed E-state index contributed by atoms with van der Waals surface area (Å²) in [5.74, 6) is 2.15. The fourth-order valence-corrected chi connectivity index (χ4v) is 3.93. The average molecular weight is 483 g/mol. The summed E-state index contributed by atoms with van der Waals surface area (Å²) in [4.78, 5) is 51.0. The van der Waals surface area contributed by atoms with Crippen LogP contribution < -0.4 is 15.9 Å². The highest BCUT2D eigenvalue weighted by atomic mass is 16.5. The quantitative estimate of drug-likeness (QED) is 0.189. The van der Waals surface area contributed by atoms with E-state index in [4.69, 9.17) is 10.6 Å². The average Bonchev–Trinajstić information content (AvgIpc) is 3.03. The van der Waals surface area contributed by atoms with Gasteiger partial charge in [0.1, 0.15) is 5.54 Å². The molecule has 0 aromatic heterocycles. The lowest BCUT2D eigenvalue weighted by atomic mass is 9.91. The number of ether oxygens (including phenoxy) is 1. The first-order valence-electron chi connectivity index (χ1n) is 10.4. The second-order valence-corrected chi connectivity index (χ2v) is 7.98. The second-order valence-electron chi connectivity index (χ2n) is 7.98. The monoisotopic (exact) mass is 483 g/mol. The number of urea groups is 1. The van der Waals surface area contributed by atoms with Gasteiger partial charge in [0, 0.05) is 6.92 Å². The summed E-state index contributed by atoms with van der Waals surface area (Å²) in [5.41, 5.74) is -0.271. The van der Waals surface area contributed by atoms with Crippen molar-refractivity contribution in [3.8, 4) is 11.5 Å². The molecule has 3 rings (SSSR count). The Morgan fingerprint density at radius 3 is 2.43 bits per heavy atom. The van der Waals surface area contributed by atoms with E-state index in [1.165, 1.54) is 38.4 Å². The SMILES string of the molecule is COc1ccc([C@@H](CC(=O)O)N(C(C)=O)N2C(=O)N[C@](C)(c3ccc(C=NN)cc3)C2=O)cc1O. The van der Waals surface area contributed by atoms with Crippen molar-refractivity contribution in [3.05, 3.63) is 59.2 Å². The normalized spacial score (nSPS) is 18.4. The Morgan fingerprint density at radius 1 is 1.26 bits per heavy atom. The first-order chi connectivity index (χ1) is 16.5. The van der Waals surface area contributed by atoms with Crippen LogP contribution in [0.2, 0.25) is 0 Å². The van der Waals surface area contributed by atoms with E-state index in [-0.39, 0.29) is 17.1 Å². The number of methoxy groups -OCH3 is 1. The smallest absolute Gasteiger partial charge is 0.344 e. The van der Waals surface area contributed by atoms with E-state index in [0.29, 0.717) is 16.1 Å². The molecule has 2 atom stereocenters. The Hall–Kier alpha value is -4.61. The number of phenols is 1. The van der Waals surface area contributed by atoms with E-state index in [2.05, 4.69) is 10.4 Å². The molecule has 12 nitrogen and oxygen atoms in total. The van der Waals surface area contributed by atoms with Crippen LogP contribution in [0.1, 0.15) is 43.0 Å². The van der Waals surface area contributed by atoms with Crippen LogP contribution in [-0.4, -0.2) is 57.4 Å². The number of aliphatic carboxylic acids is 1. The number of hydrazine groups is 1. The first kappa shape index (κ1) is 25.0. The highest BCUT2D eigenvalue weighted by Crippen LogP contribution is 2.37. The summed E-state index contributed by atoms with van der Waals surface area (Å²) in [5, 5.41) is 27.1. The molecule has 1 aliphatic rings. The van der Waals surface area contributed by atoms with Gasteiger partial charge in [-0.05, 0) is 35.7 Å². The third kappa shape index (κ3) is 4.71. The van der Waals surface area contributed by atoms with Crippen molar-refractivity contribution in [3.63, 3.8) is 0 Å². The maximum atomic E-state index is 13.6. The van der Waals surface area contributed by atoms with Crippen LogP contribution in [0.5, 0.6) is 11.5 Å². The number of carbonyl (C=O) groups is 4. The Kier molecular flexibility index (Phi) is 6.94. The van der Waals surface area contributed by atoms with Crippen LogP contribution >= 0.6 is 0 Å². The number of carbonyl (C=O) groups excluding carboxylic acids is 3. The van der Waals surface area contributed by atoms with Crippen LogP contribution in [0.3, 0.4) is 0 Å². The topological polar surface area (TPSA) is 175 Å². The number of benzene rings is 2. The number of rotatable bonds is 8. The van der Waals surface area contributed by atoms with Gasteiger partial charge in [0.25, 0.3) is 5.91 Å². The summed E-state index contributed by atoms with van der Waals surface area (Å²) in [7, 11) is 1.34.